The standard InChI is InChI=1S/C19H22F2N4O3.C2HF3O2/c1-8-9(2)24(6-5-23-8)17-13(20)15(22)12-16(14(17)21)25(10-3-4-10)7-11(18(12)26)19(27)28;3-2(4,5)1(6)7/h7-10,23H,3-6,22H2,1-2H3,(H,27,28);(H,6,7)/t8-,9+;/m1./s1. The lowest BCUT2D eigenvalue weighted by Crippen LogP contribution is -2.56. The Labute approximate surface area is 194 Å². The van der Waals surface area contributed by atoms with Gasteiger partial charge in [-0.25, -0.2) is 18.4 Å². The molecule has 2 atom stereocenters. The maximum absolute atomic E-state index is 15.7. The Hall–Kier alpha value is -3.42. The van der Waals surface area contributed by atoms with Crippen molar-refractivity contribution >= 4 is 34.2 Å². The second-order valence-electron chi connectivity index (χ2n) is 8.41. The number of nitrogens with one attached hydrogen (secondary N) is 1. The van der Waals surface area contributed by atoms with Gasteiger partial charge in [-0.1, -0.05) is 0 Å². The topological polar surface area (TPSA) is 138 Å². The molecule has 9 nitrogen and oxygen atoms in total. The molecule has 1 aromatic carbocycles. The number of carboxylic acid groups (broad SMARTS) is 2. The quantitative estimate of drug-likeness (QED) is 0.368. The first-order valence-electron chi connectivity index (χ1n) is 10.6. The van der Waals surface area contributed by atoms with Crippen molar-refractivity contribution in [2.45, 2.75) is 51.0 Å². The minimum absolute atomic E-state index is 0.00415. The predicted octanol–water partition coefficient (Wildman–Crippen LogP) is 2.71. The van der Waals surface area contributed by atoms with Gasteiger partial charge >= 0.3 is 18.1 Å². The number of rotatable bonds is 3. The SMILES string of the molecule is C[C@H]1NCCN(c2c(F)c(N)c3c(=O)c(C(=O)O)cn(C4CC4)c3c2F)[C@H]1C.O=C(O)C(F)(F)F. The van der Waals surface area contributed by atoms with Crippen LogP contribution in [-0.4, -0.2) is 58.1 Å². The molecule has 1 aromatic heterocycles. The van der Waals surface area contributed by atoms with Crippen molar-refractivity contribution in [2.75, 3.05) is 23.7 Å². The van der Waals surface area contributed by atoms with Crippen molar-refractivity contribution in [1.82, 2.24) is 9.88 Å². The van der Waals surface area contributed by atoms with Gasteiger partial charge in [0.25, 0.3) is 0 Å². The Morgan fingerprint density at radius 2 is 1.71 bits per heavy atom. The highest BCUT2D eigenvalue weighted by molar-refractivity contribution is 5.99. The van der Waals surface area contributed by atoms with Gasteiger partial charge in [0.05, 0.1) is 16.6 Å². The molecule has 0 bridgehead atoms. The molecular weight excluding hydrogens is 483 g/mol. The Bertz CT molecular complexity index is 1240. The molecule has 0 amide bonds. The molecule has 1 aliphatic carbocycles. The number of nitrogens with zero attached hydrogens (tertiary/aromatic N) is 2. The zero-order chi connectivity index (χ0) is 26.4. The Morgan fingerprint density at radius 3 is 2.20 bits per heavy atom. The van der Waals surface area contributed by atoms with E-state index in [4.69, 9.17) is 15.6 Å². The third-order valence-electron chi connectivity index (χ3n) is 6.10. The second-order valence-corrected chi connectivity index (χ2v) is 8.41. The maximum Gasteiger partial charge on any atom is 0.490 e. The molecular formula is C21H23F5N4O5. The molecule has 2 aromatic rings. The number of piperazine rings is 1. The van der Waals surface area contributed by atoms with E-state index in [0.717, 1.165) is 19.0 Å². The predicted molar refractivity (Wildman–Crippen MR) is 116 cm³/mol. The first-order chi connectivity index (χ1) is 16.2. The van der Waals surface area contributed by atoms with E-state index in [-0.39, 0.29) is 29.3 Å². The molecule has 5 N–H and O–H groups in total. The zero-order valence-corrected chi connectivity index (χ0v) is 18.6. The smallest absolute Gasteiger partial charge is 0.477 e. The number of alkyl halides is 3. The van der Waals surface area contributed by atoms with Crippen LogP contribution in [0.4, 0.5) is 33.3 Å². The minimum Gasteiger partial charge on any atom is -0.477 e. The number of hydrogen-bond acceptors (Lipinski definition) is 6. The van der Waals surface area contributed by atoms with Crippen LogP contribution in [-0.2, 0) is 4.79 Å². The van der Waals surface area contributed by atoms with E-state index < -0.39 is 51.8 Å². The summed E-state index contributed by atoms with van der Waals surface area (Å²) in [5, 5.41) is 19.3. The average molecular weight is 506 g/mol. The number of carbonyl (C=O) groups is 2. The maximum atomic E-state index is 15.7. The normalized spacial score (nSPS) is 20.4. The molecule has 1 aliphatic heterocycles. The van der Waals surface area contributed by atoms with Crippen LogP contribution in [0.3, 0.4) is 0 Å². The molecule has 2 heterocycles. The van der Waals surface area contributed by atoms with E-state index in [1.807, 2.05) is 13.8 Å². The lowest BCUT2D eigenvalue weighted by molar-refractivity contribution is -0.192. The van der Waals surface area contributed by atoms with Gasteiger partial charge < -0.3 is 30.7 Å². The Kier molecular flexibility index (Phi) is 6.97. The van der Waals surface area contributed by atoms with E-state index in [2.05, 4.69) is 5.32 Å². The van der Waals surface area contributed by atoms with Crippen LogP contribution in [0.5, 0.6) is 0 Å². The molecule has 4 rings (SSSR count). The summed E-state index contributed by atoms with van der Waals surface area (Å²) < 4.78 is 64.1. The Morgan fingerprint density at radius 1 is 1.14 bits per heavy atom. The monoisotopic (exact) mass is 506 g/mol. The van der Waals surface area contributed by atoms with E-state index >= 15 is 8.78 Å². The molecule has 0 unspecified atom stereocenters. The van der Waals surface area contributed by atoms with Crippen LogP contribution in [0.15, 0.2) is 11.0 Å². The summed E-state index contributed by atoms with van der Waals surface area (Å²) in [7, 11) is 0. The van der Waals surface area contributed by atoms with E-state index in [0.29, 0.717) is 13.1 Å². The molecule has 192 valence electrons. The number of aromatic nitrogens is 1. The van der Waals surface area contributed by atoms with Gasteiger partial charge in [0, 0.05) is 37.4 Å². The fourth-order valence-corrected chi connectivity index (χ4v) is 3.97. The van der Waals surface area contributed by atoms with Crippen molar-refractivity contribution in [3.05, 3.63) is 33.6 Å². The van der Waals surface area contributed by atoms with Gasteiger partial charge in [-0.05, 0) is 26.7 Å². The highest BCUT2D eigenvalue weighted by Gasteiger charge is 2.38. The first-order valence-corrected chi connectivity index (χ1v) is 10.6. The van der Waals surface area contributed by atoms with Crippen molar-refractivity contribution < 1.29 is 41.8 Å². The van der Waals surface area contributed by atoms with Crippen LogP contribution >= 0.6 is 0 Å². The minimum atomic E-state index is -5.08. The molecule has 0 radical (unpaired) electrons. The van der Waals surface area contributed by atoms with Gasteiger partial charge in [-0.2, -0.15) is 13.2 Å². The number of nitrogens with two attached hydrogens (primary N) is 1. The fourth-order valence-electron chi connectivity index (χ4n) is 3.97. The number of fused-ring (bicyclic) bond motifs is 1. The average Bonchev–Trinajstić information content (AvgIpc) is 3.59. The molecule has 1 saturated carbocycles. The van der Waals surface area contributed by atoms with Gasteiger partial charge in [-0.3, -0.25) is 4.79 Å². The van der Waals surface area contributed by atoms with Gasteiger partial charge in [0.2, 0.25) is 5.43 Å². The third-order valence-corrected chi connectivity index (χ3v) is 6.10. The number of hydrogen-bond donors (Lipinski definition) is 4. The number of nitrogen functional groups attached to an aromatic ring is 1. The van der Waals surface area contributed by atoms with E-state index in [1.165, 1.54) is 4.57 Å². The molecule has 2 fully saturated rings. The number of aromatic carboxylic acids is 1. The summed E-state index contributed by atoms with van der Waals surface area (Å²) in [5.41, 5.74) is 3.55. The van der Waals surface area contributed by atoms with Gasteiger partial charge in [0.1, 0.15) is 11.3 Å². The lowest BCUT2D eigenvalue weighted by atomic mass is 10.0. The van der Waals surface area contributed by atoms with Crippen molar-refractivity contribution in [2.24, 2.45) is 0 Å². The lowest BCUT2D eigenvalue weighted by Gasteiger charge is -2.40. The second kappa shape index (κ2) is 9.32. The number of halogens is 5. The number of pyridine rings is 1. The highest BCUT2D eigenvalue weighted by Crippen LogP contribution is 2.42. The van der Waals surface area contributed by atoms with Crippen molar-refractivity contribution in [1.29, 1.82) is 0 Å². The summed E-state index contributed by atoms with van der Waals surface area (Å²) in [5.74, 6) is -6.10. The largest absolute Gasteiger partial charge is 0.490 e. The summed E-state index contributed by atoms with van der Waals surface area (Å²) >= 11 is 0. The first kappa shape index (κ1) is 26.2. The number of aliphatic carboxylic acids is 1. The summed E-state index contributed by atoms with van der Waals surface area (Å²) in [6, 6.07) is -0.328. The van der Waals surface area contributed by atoms with Gasteiger partial charge in [0.15, 0.2) is 11.6 Å². The van der Waals surface area contributed by atoms with Crippen LogP contribution in [0.2, 0.25) is 0 Å². The Balaban J connectivity index is 0.000000429. The van der Waals surface area contributed by atoms with Crippen molar-refractivity contribution in [3.8, 4) is 0 Å². The van der Waals surface area contributed by atoms with E-state index in [9.17, 15) is 27.9 Å². The third kappa shape index (κ3) is 4.88. The molecule has 14 heteroatoms. The van der Waals surface area contributed by atoms with E-state index in [1.54, 1.807) is 4.90 Å². The zero-order valence-electron chi connectivity index (χ0n) is 18.6. The number of anilines is 2. The summed E-state index contributed by atoms with van der Waals surface area (Å²) in [4.78, 5) is 34.7. The molecule has 2 aliphatic rings. The molecule has 35 heavy (non-hydrogen) atoms. The van der Waals surface area contributed by atoms with Crippen LogP contribution in [0.1, 0.15) is 43.1 Å². The van der Waals surface area contributed by atoms with Crippen LogP contribution < -0.4 is 21.4 Å². The van der Waals surface area contributed by atoms with Crippen molar-refractivity contribution in [3.63, 3.8) is 0 Å². The highest BCUT2D eigenvalue weighted by atomic mass is 19.4. The number of benzene rings is 1. The fraction of sp³-hybridized carbons (Fsp3) is 0.476. The molecule has 1 saturated heterocycles. The van der Waals surface area contributed by atoms with Crippen LogP contribution in [0, 0.1) is 11.6 Å². The van der Waals surface area contributed by atoms with Gasteiger partial charge in [-0.15, -0.1) is 0 Å². The van der Waals surface area contributed by atoms with Crippen LogP contribution in [0.25, 0.3) is 10.9 Å². The summed E-state index contributed by atoms with van der Waals surface area (Å²) in [6.07, 6.45) is -2.48. The molecule has 0 spiro atoms. The summed E-state index contributed by atoms with van der Waals surface area (Å²) in [6.45, 7) is 4.72. The number of carboxylic acids is 2.